The van der Waals surface area contributed by atoms with E-state index in [2.05, 4.69) is 5.32 Å². The summed E-state index contributed by atoms with van der Waals surface area (Å²) in [6, 6.07) is 6.38. The summed E-state index contributed by atoms with van der Waals surface area (Å²) in [5, 5.41) is 13.3. The third-order valence-electron chi connectivity index (χ3n) is 1.91. The van der Waals surface area contributed by atoms with E-state index in [1.165, 1.54) is 12.1 Å². The Balaban J connectivity index is 2.39. The second-order valence-electron chi connectivity index (χ2n) is 3.08. The second-order valence-corrected chi connectivity index (χ2v) is 3.08. The van der Waals surface area contributed by atoms with E-state index in [-0.39, 0.29) is 5.69 Å². The molecule has 0 aromatic heterocycles. The molecular weight excluding hydrogens is 196 g/mol. The van der Waals surface area contributed by atoms with Crippen molar-refractivity contribution in [1.29, 1.82) is 0 Å². The molecule has 1 aromatic carbocycles. The zero-order chi connectivity index (χ0) is 11.1. The van der Waals surface area contributed by atoms with Gasteiger partial charge in [0.2, 0.25) is 0 Å². The first kappa shape index (κ1) is 11.6. The van der Waals surface area contributed by atoms with Crippen molar-refractivity contribution < 1.29 is 9.66 Å². The Kier molecular flexibility index (Phi) is 4.73. The van der Waals surface area contributed by atoms with Crippen LogP contribution in [0.15, 0.2) is 24.3 Å². The van der Waals surface area contributed by atoms with Gasteiger partial charge in [-0.25, -0.2) is 0 Å². The first-order valence-corrected chi connectivity index (χ1v) is 4.69. The van der Waals surface area contributed by atoms with Crippen molar-refractivity contribution in [3.05, 3.63) is 39.9 Å². The van der Waals surface area contributed by atoms with Crippen molar-refractivity contribution in [2.75, 3.05) is 20.2 Å². The summed E-state index contributed by atoms with van der Waals surface area (Å²) in [7, 11) is 1.86. The maximum absolute atomic E-state index is 10.4. The van der Waals surface area contributed by atoms with Crippen LogP contribution < -0.4 is 5.32 Å². The van der Waals surface area contributed by atoms with Gasteiger partial charge in [0.25, 0.3) is 5.69 Å². The van der Waals surface area contributed by atoms with Crippen molar-refractivity contribution in [2.24, 2.45) is 0 Å². The standard InChI is InChI=1S/C10H14N2O3/c1-11-6-7-15-8-9-2-4-10(5-3-9)12(13)14/h2-5,11H,6-8H2,1H3. The average Bonchev–Trinajstić information content (AvgIpc) is 2.25. The van der Waals surface area contributed by atoms with Crippen LogP contribution in [-0.4, -0.2) is 25.1 Å². The number of nitrogens with zero attached hydrogens (tertiary/aromatic N) is 1. The molecule has 0 fully saturated rings. The van der Waals surface area contributed by atoms with Crippen LogP contribution in [0, 0.1) is 10.1 Å². The fraction of sp³-hybridized carbons (Fsp3) is 0.400. The molecule has 1 aromatic rings. The molecule has 1 rings (SSSR count). The predicted molar refractivity (Wildman–Crippen MR) is 56.7 cm³/mol. The highest BCUT2D eigenvalue weighted by Crippen LogP contribution is 2.12. The second kappa shape index (κ2) is 6.10. The molecule has 0 unspecified atom stereocenters. The lowest BCUT2D eigenvalue weighted by Gasteiger charge is -2.03. The first-order valence-electron chi connectivity index (χ1n) is 4.69. The number of likely N-dealkylation sites (N-methyl/N-ethyl adjacent to an activating group) is 1. The van der Waals surface area contributed by atoms with Crippen molar-refractivity contribution in [1.82, 2.24) is 5.32 Å². The fourth-order valence-corrected chi connectivity index (χ4v) is 1.08. The van der Waals surface area contributed by atoms with Gasteiger partial charge in [0, 0.05) is 18.7 Å². The van der Waals surface area contributed by atoms with Crippen LogP contribution in [0.5, 0.6) is 0 Å². The lowest BCUT2D eigenvalue weighted by atomic mass is 10.2. The van der Waals surface area contributed by atoms with Gasteiger partial charge >= 0.3 is 0 Å². The molecule has 0 radical (unpaired) electrons. The minimum atomic E-state index is -0.411. The van der Waals surface area contributed by atoms with E-state index in [4.69, 9.17) is 4.74 Å². The SMILES string of the molecule is CNCCOCc1ccc([N+](=O)[O-])cc1. The Morgan fingerprint density at radius 1 is 1.40 bits per heavy atom. The molecule has 0 heterocycles. The van der Waals surface area contributed by atoms with Gasteiger partial charge < -0.3 is 10.1 Å². The monoisotopic (exact) mass is 210 g/mol. The summed E-state index contributed by atoms with van der Waals surface area (Å²) >= 11 is 0. The van der Waals surface area contributed by atoms with E-state index < -0.39 is 4.92 Å². The minimum Gasteiger partial charge on any atom is -0.375 e. The Labute approximate surface area is 88.2 Å². The lowest BCUT2D eigenvalue weighted by molar-refractivity contribution is -0.384. The maximum Gasteiger partial charge on any atom is 0.269 e. The van der Waals surface area contributed by atoms with Gasteiger partial charge in [-0.2, -0.15) is 0 Å². The molecule has 1 N–H and O–H groups in total. The molecule has 0 saturated carbocycles. The van der Waals surface area contributed by atoms with Crippen LogP contribution >= 0.6 is 0 Å². The summed E-state index contributed by atoms with van der Waals surface area (Å²) in [6.07, 6.45) is 0. The van der Waals surface area contributed by atoms with Gasteiger partial charge in [-0.1, -0.05) is 0 Å². The third kappa shape index (κ3) is 4.05. The highest BCUT2D eigenvalue weighted by molar-refractivity contribution is 5.32. The van der Waals surface area contributed by atoms with Crippen molar-refractivity contribution in [3.8, 4) is 0 Å². The van der Waals surface area contributed by atoms with Gasteiger partial charge in [-0.3, -0.25) is 10.1 Å². The van der Waals surface area contributed by atoms with Crippen molar-refractivity contribution in [3.63, 3.8) is 0 Å². The fourth-order valence-electron chi connectivity index (χ4n) is 1.08. The smallest absolute Gasteiger partial charge is 0.269 e. The Hall–Kier alpha value is -1.46. The Bertz CT molecular complexity index is 311. The van der Waals surface area contributed by atoms with Crippen LogP contribution in [0.1, 0.15) is 5.56 Å². The summed E-state index contributed by atoms with van der Waals surface area (Å²) in [5.74, 6) is 0. The summed E-state index contributed by atoms with van der Waals surface area (Å²) in [5.41, 5.74) is 1.05. The topological polar surface area (TPSA) is 64.4 Å². The van der Waals surface area contributed by atoms with Crippen LogP contribution in [0.2, 0.25) is 0 Å². The summed E-state index contributed by atoms with van der Waals surface area (Å²) in [4.78, 5) is 9.97. The lowest BCUT2D eigenvalue weighted by Crippen LogP contribution is -2.13. The number of non-ortho nitro benzene ring substituents is 1. The van der Waals surface area contributed by atoms with E-state index in [0.717, 1.165) is 12.1 Å². The number of nitro groups is 1. The quantitative estimate of drug-likeness (QED) is 0.437. The Morgan fingerprint density at radius 3 is 2.60 bits per heavy atom. The third-order valence-corrected chi connectivity index (χ3v) is 1.91. The normalized spacial score (nSPS) is 10.2. The zero-order valence-electron chi connectivity index (χ0n) is 8.60. The molecule has 0 aliphatic rings. The number of benzene rings is 1. The van der Waals surface area contributed by atoms with Gasteiger partial charge in [-0.05, 0) is 24.7 Å². The molecule has 82 valence electrons. The summed E-state index contributed by atoms with van der Waals surface area (Å²) in [6.45, 7) is 1.92. The molecule has 5 nitrogen and oxygen atoms in total. The molecule has 0 aliphatic heterocycles. The molecule has 0 amide bonds. The number of rotatable bonds is 6. The van der Waals surface area contributed by atoms with E-state index in [9.17, 15) is 10.1 Å². The highest BCUT2D eigenvalue weighted by Gasteiger charge is 2.03. The number of hydrogen-bond acceptors (Lipinski definition) is 4. The van der Waals surface area contributed by atoms with Crippen LogP contribution in [0.3, 0.4) is 0 Å². The summed E-state index contributed by atoms with van der Waals surface area (Å²) < 4.78 is 5.33. The van der Waals surface area contributed by atoms with Crippen LogP contribution in [0.4, 0.5) is 5.69 Å². The molecule has 0 bridgehead atoms. The highest BCUT2D eigenvalue weighted by atomic mass is 16.6. The average molecular weight is 210 g/mol. The van der Waals surface area contributed by atoms with Gasteiger partial charge in [-0.15, -0.1) is 0 Å². The maximum atomic E-state index is 10.4. The minimum absolute atomic E-state index is 0.106. The number of nitro benzene ring substituents is 1. The van der Waals surface area contributed by atoms with Gasteiger partial charge in [0.05, 0.1) is 18.1 Å². The number of nitrogens with one attached hydrogen (secondary N) is 1. The van der Waals surface area contributed by atoms with E-state index >= 15 is 0 Å². The number of hydrogen-bond donors (Lipinski definition) is 1. The molecule has 5 heteroatoms. The predicted octanol–water partition coefficient (Wildman–Crippen LogP) is 1.33. The first-order chi connectivity index (χ1) is 7.24. The molecular formula is C10H14N2O3. The van der Waals surface area contributed by atoms with Gasteiger partial charge in [0.15, 0.2) is 0 Å². The molecule has 0 atom stereocenters. The molecule has 0 aliphatic carbocycles. The van der Waals surface area contributed by atoms with E-state index in [1.807, 2.05) is 7.05 Å². The van der Waals surface area contributed by atoms with Crippen molar-refractivity contribution >= 4 is 5.69 Å². The zero-order valence-corrected chi connectivity index (χ0v) is 8.60. The van der Waals surface area contributed by atoms with Crippen LogP contribution in [0.25, 0.3) is 0 Å². The largest absolute Gasteiger partial charge is 0.375 e. The van der Waals surface area contributed by atoms with Crippen LogP contribution in [-0.2, 0) is 11.3 Å². The number of ether oxygens (including phenoxy) is 1. The van der Waals surface area contributed by atoms with E-state index in [1.54, 1.807) is 12.1 Å². The van der Waals surface area contributed by atoms with E-state index in [0.29, 0.717) is 13.2 Å². The molecule has 0 spiro atoms. The van der Waals surface area contributed by atoms with Crippen molar-refractivity contribution in [2.45, 2.75) is 6.61 Å². The molecule has 0 saturated heterocycles. The molecule has 15 heavy (non-hydrogen) atoms. The Morgan fingerprint density at radius 2 is 2.07 bits per heavy atom. The van der Waals surface area contributed by atoms with Gasteiger partial charge in [0.1, 0.15) is 0 Å².